The number of hydrogen-bond donors (Lipinski definition) is 0. The van der Waals surface area contributed by atoms with Crippen LogP contribution in [0.1, 0.15) is 89.9 Å². The Balaban J connectivity index is 2.36. The summed E-state index contributed by atoms with van der Waals surface area (Å²) in [5, 5.41) is 0. The zero-order valence-corrected chi connectivity index (χ0v) is 14.2. The summed E-state index contributed by atoms with van der Waals surface area (Å²) in [6, 6.07) is 0.505. The largest absolute Gasteiger partial charge is 0.306 e. The fourth-order valence-electron chi connectivity index (χ4n) is 3.53. The van der Waals surface area contributed by atoms with Crippen LogP contribution in [0.25, 0.3) is 0 Å². The van der Waals surface area contributed by atoms with E-state index in [0.717, 1.165) is 5.92 Å². The van der Waals surface area contributed by atoms with E-state index in [4.69, 9.17) is 0 Å². The molecule has 1 nitrogen and oxygen atoms in total. The van der Waals surface area contributed by atoms with Crippen molar-refractivity contribution in [2.75, 3.05) is 14.1 Å². The minimum Gasteiger partial charge on any atom is -0.306 e. The number of hydrogen-bond acceptors (Lipinski definition) is 1. The molecule has 0 N–H and O–H groups in total. The minimum atomic E-state index is 0.505. The van der Waals surface area contributed by atoms with Gasteiger partial charge in [-0.3, -0.25) is 0 Å². The highest BCUT2D eigenvalue weighted by atomic mass is 15.1. The van der Waals surface area contributed by atoms with Crippen LogP contribution >= 0.6 is 0 Å². The summed E-state index contributed by atoms with van der Waals surface area (Å²) >= 11 is 0. The van der Waals surface area contributed by atoms with Crippen LogP contribution in [-0.2, 0) is 0 Å². The molecule has 1 radical (unpaired) electrons. The first-order valence-corrected chi connectivity index (χ1v) is 9.21. The molecule has 20 heavy (non-hydrogen) atoms. The summed E-state index contributed by atoms with van der Waals surface area (Å²) in [5.74, 6) is 0.815. The Bertz CT molecular complexity index is 196. The molecular formula is C19H38N. The predicted molar refractivity (Wildman–Crippen MR) is 91.0 cm³/mol. The lowest BCUT2D eigenvalue weighted by atomic mass is 9.88. The molecule has 1 rings (SSSR count). The van der Waals surface area contributed by atoms with E-state index < -0.39 is 0 Å². The van der Waals surface area contributed by atoms with Crippen LogP contribution < -0.4 is 0 Å². The van der Waals surface area contributed by atoms with Gasteiger partial charge in [-0.1, -0.05) is 77.0 Å². The van der Waals surface area contributed by atoms with Gasteiger partial charge in [-0.2, -0.15) is 0 Å². The van der Waals surface area contributed by atoms with Gasteiger partial charge < -0.3 is 4.90 Å². The second-order valence-electron chi connectivity index (χ2n) is 7.11. The molecule has 1 heteroatoms. The van der Waals surface area contributed by atoms with E-state index in [-0.39, 0.29) is 0 Å². The Morgan fingerprint density at radius 2 is 0.950 bits per heavy atom. The van der Waals surface area contributed by atoms with Crippen LogP contribution in [0.2, 0.25) is 0 Å². The highest BCUT2D eigenvalue weighted by Crippen LogP contribution is 2.24. The number of nitrogens with zero attached hydrogens (tertiary/aromatic N) is 1. The van der Waals surface area contributed by atoms with Gasteiger partial charge in [0.1, 0.15) is 0 Å². The van der Waals surface area contributed by atoms with Crippen LogP contribution in [0.5, 0.6) is 0 Å². The minimum absolute atomic E-state index is 0.505. The van der Waals surface area contributed by atoms with Crippen LogP contribution in [0, 0.1) is 12.8 Å². The number of rotatable bonds is 2. The highest BCUT2D eigenvalue weighted by molar-refractivity contribution is 4.78. The monoisotopic (exact) mass is 280 g/mol. The Kier molecular flexibility index (Phi) is 10.4. The van der Waals surface area contributed by atoms with Crippen molar-refractivity contribution in [3.05, 3.63) is 6.92 Å². The molecule has 1 atom stereocenters. The smallest absolute Gasteiger partial charge is 0.0118 e. The second kappa shape index (κ2) is 11.6. The molecule has 1 aliphatic rings. The van der Waals surface area contributed by atoms with E-state index in [1.165, 1.54) is 89.9 Å². The molecule has 0 spiro atoms. The lowest BCUT2D eigenvalue weighted by Gasteiger charge is -2.29. The van der Waals surface area contributed by atoms with Crippen LogP contribution in [-0.4, -0.2) is 25.0 Å². The Labute approximate surface area is 128 Å². The molecule has 0 aliphatic heterocycles. The molecule has 1 fully saturated rings. The average molecular weight is 281 g/mol. The van der Waals surface area contributed by atoms with Gasteiger partial charge in [0.05, 0.1) is 0 Å². The van der Waals surface area contributed by atoms with Gasteiger partial charge in [0.2, 0.25) is 0 Å². The van der Waals surface area contributed by atoms with E-state index in [1.54, 1.807) is 0 Å². The summed E-state index contributed by atoms with van der Waals surface area (Å²) in [7, 11) is 4.38. The summed E-state index contributed by atoms with van der Waals surface area (Å²) in [5.41, 5.74) is 0. The van der Waals surface area contributed by atoms with Gasteiger partial charge in [-0.25, -0.2) is 0 Å². The van der Waals surface area contributed by atoms with Gasteiger partial charge in [0.15, 0.2) is 0 Å². The lowest BCUT2D eigenvalue weighted by Crippen LogP contribution is -2.32. The van der Waals surface area contributed by atoms with Gasteiger partial charge in [-0.05, 0) is 39.8 Å². The summed E-state index contributed by atoms with van der Waals surface area (Å²) in [6.07, 6.45) is 20.2. The Hall–Kier alpha value is -0.0400. The zero-order valence-electron chi connectivity index (χ0n) is 14.2. The molecule has 1 saturated carbocycles. The van der Waals surface area contributed by atoms with Crippen LogP contribution in [0.3, 0.4) is 0 Å². The molecule has 1 aliphatic carbocycles. The normalized spacial score (nSPS) is 24.0. The molecule has 0 aromatic heterocycles. The van der Waals surface area contributed by atoms with Crippen molar-refractivity contribution in [3.63, 3.8) is 0 Å². The first-order chi connectivity index (χ1) is 9.72. The van der Waals surface area contributed by atoms with Gasteiger partial charge in [0.25, 0.3) is 0 Å². The van der Waals surface area contributed by atoms with Crippen molar-refractivity contribution < 1.29 is 0 Å². The second-order valence-corrected chi connectivity index (χ2v) is 7.11. The third-order valence-corrected chi connectivity index (χ3v) is 5.11. The Morgan fingerprint density at radius 3 is 1.25 bits per heavy atom. The van der Waals surface area contributed by atoms with Crippen molar-refractivity contribution in [2.45, 2.75) is 95.9 Å². The highest BCUT2D eigenvalue weighted by Gasteiger charge is 2.18. The maximum absolute atomic E-state index is 4.40. The van der Waals surface area contributed by atoms with E-state index in [1.807, 2.05) is 0 Å². The topological polar surface area (TPSA) is 3.24 Å². The average Bonchev–Trinajstić information content (AvgIpc) is 2.44. The first kappa shape index (κ1) is 18.0. The van der Waals surface area contributed by atoms with E-state index in [2.05, 4.69) is 25.9 Å². The fourth-order valence-corrected chi connectivity index (χ4v) is 3.53. The van der Waals surface area contributed by atoms with E-state index in [9.17, 15) is 0 Å². The quantitative estimate of drug-likeness (QED) is 0.614. The molecule has 0 amide bonds. The van der Waals surface area contributed by atoms with Crippen molar-refractivity contribution >= 4 is 0 Å². The van der Waals surface area contributed by atoms with E-state index >= 15 is 0 Å². The SMILES string of the molecule is [CH2]C(C1CCCCCCCCCCCCCC1)N(C)C. The standard InChI is InChI=1S/C19H38N/c1-18(20(2)3)19-16-14-12-10-8-6-4-5-7-9-11-13-15-17-19/h18-19H,1,4-17H2,2-3H3. The molecular weight excluding hydrogens is 242 g/mol. The van der Waals surface area contributed by atoms with Crippen molar-refractivity contribution in [1.82, 2.24) is 4.90 Å². The molecule has 0 bridgehead atoms. The van der Waals surface area contributed by atoms with Crippen molar-refractivity contribution in [1.29, 1.82) is 0 Å². The summed E-state index contributed by atoms with van der Waals surface area (Å²) in [6.45, 7) is 4.40. The predicted octanol–water partition coefficient (Wildman–Crippen LogP) is 5.84. The zero-order chi connectivity index (χ0) is 14.6. The van der Waals surface area contributed by atoms with Gasteiger partial charge in [0, 0.05) is 6.04 Å². The molecule has 119 valence electrons. The third-order valence-electron chi connectivity index (χ3n) is 5.11. The molecule has 0 aromatic rings. The first-order valence-electron chi connectivity index (χ1n) is 9.21. The molecule has 0 aromatic carbocycles. The molecule has 1 unspecified atom stereocenters. The summed E-state index contributed by atoms with van der Waals surface area (Å²) in [4.78, 5) is 2.32. The lowest BCUT2D eigenvalue weighted by molar-refractivity contribution is 0.222. The van der Waals surface area contributed by atoms with Crippen LogP contribution in [0.4, 0.5) is 0 Å². The fraction of sp³-hybridized carbons (Fsp3) is 0.947. The van der Waals surface area contributed by atoms with Crippen molar-refractivity contribution in [3.8, 4) is 0 Å². The third kappa shape index (κ3) is 8.29. The molecule has 0 heterocycles. The van der Waals surface area contributed by atoms with Crippen molar-refractivity contribution in [2.24, 2.45) is 5.92 Å². The van der Waals surface area contributed by atoms with Gasteiger partial charge in [-0.15, -0.1) is 0 Å². The van der Waals surface area contributed by atoms with Crippen LogP contribution in [0.15, 0.2) is 0 Å². The Morgan fingerprint density at radius 1 is 0.650 bits per heavy atom. The maximum atomic E-state index is 4.40. The molecule has 0 saturated heterocycles. The van der Waals surface area contributed by atoms with E-state index in [0.29, 0.717) is 6.04 Å². The van der Waals surface area contributed by atoms with Gasteiger partial charge >= 0.3 is 0 Å². The summed E-state index contributed by atoms with van der Waals surface area (Å²) < 4.78 is 0. The maximum Gasteiger partial charge on any atom is 0.0118 e.